The quantitative estimate of drug-likeness (QED) is 0.779. The van der Waals surface area contributed by atoms with Crippen LogP contribution in [0.3, 0.4) is 0 Å². The number of amides is 1. The molecule has 0 aliphatic carbocycles. The topological polar surface area (TPSA) is 72.7 Å². The summed E-state index contributed by atoms with van der Waals surface area (Å²) in [5, 5.41) is 13.8. The Labute approximate surface area is 132 Å². The molecule has 1 aromatic heterocycles. The van der Waals surface area contributed by atoms with Gasteiger partial charge in [-0.25, -0.2) is 4.39 Å². The highest BCUT2D eigenvalue weighted by molar-refractivity contribution is 5.97. The summed E-state index contributed by atoms with van der Waals surface area (Å²) in [5.41, 5.74) is 2.05. The van der Waals surface area contributed by atoms with Gasteiger partial charge >= 0.3 is 0 Å². The highest BCUT2D eigenvalue weighted by atomic mass is 19.1. The lowest BCUT2D eigenvalue weighted by atomic mass is 10.1. The number of carbonyl (C=O) groups excluding carboxylic acids is 1. The van der Waals surface area contributed by atoms with Gasteiger partial charge in [-0.05, 0) is 46.7 Å². The van der Waals surface area contributed by atoms with Crippen molar-refractivity contribution in [3.63, 3.8) is 0 Å². The van der Waals surface area contributed by atoms with Crippen LogP contribution in [0.25, 0.3) is 5.69 Å². The van der Waals surface area contributed by atoms with Gasteiger partial charge in [-0.3, -0.25) is 4.79 Å². The maximum Gasteiger partial charge on any atom is 0.253 e. The number of nitrogens with zero attached hydrogens (tertiary/aromatic N) is 4. The minimum atomic E-state index is -0.270. The van der Waals surface area contributed by atoms with Crippen LogP contribution in [0.5, 0.6) is 0 Å². The Morgan fingerprint density at radius 2 is 1.91 bits per heavy atom. The molecular formula is C16H14FN5O. The largest absolute Gasteiger partial charge is 0.352 e. The molecule has 1 heterocycles. The Morgan fingerprint density at radius 1 is 1.13 bits per heavy atom. The van der Waals surface area contributed by atoms with Crippen LogP contribution in [0.4, 0.5) is 4.39 Å². The molecule has 0 saturated carbocycles. The van der Waals surface area contributed by atoms with Gasteiger partial charge in [-0.2, -0.15) is 4.68 Å². The van der Waals surface area contributed by atoms with Gasteiger partial charge in [-0.15, -0.1) is 5.10 Å². The highest BCUT2D eigenvalue weighted by Crippen LogP contribution is 2.12. The summed E-state index contributed by atoms with van der Waals surface area (Å²) >= 11 is 0. The minimum Gasteiger partial charge on any atom is -0.352 e. The molecule has 1 N–H and O–H groups in total. The van der Waals surface area contributed by atoms with Crippen LogP contribution in [0, 0.1) is 5.82 Å². The van der Waals surface area contributed by atoms with Crippen molar-refractivity contribution in [2.45, 2.75) is 6.42 Å². The van der Waals surface area contributed by atoms with Crippen molar-refractivity contribution >= 4 is 5.91 Å². The number of carbonyl (C=O) groups is 1. The smallest absolute Gasteiger partial charge is 0.253 e. The van der Waals surface area contributed by atoms with Crippen LogP contribution in [0.1, 0.15) is 15.9 Å². The monoisotopic (exact) mass is 311 g/mol. The molecule has 0 spiro atoms. The number of nitrogens with one attached hydrogen (secondary N) is 1. The Bertz CT molecular complexity index is 786. The van der Waals surface area contributed by atoms with Crippen molar-refractivity contribution in [3.05, 3.63) is 71.8 Å². The molecule has 0 bridgehead atoms. The Balaban J connectivity index is 1.66. The lowest BCUT2D eigenvalue weighted by molar-refractivity contribution is 0.0954. The van der Waals surface area contributed by atoms with E-state index in [0.29, 0.717) is 24.2 Å². The van der Waals surface area contributed by atoms with Crippen molar-refractivity contribution in [3.8, 4) is 5.69 Å². The van der Waals surface area contributed by atoms with E-state index in [4.69, 9.17) is 0 Å². The zero-order valence-electron chi connectivity index (χ0n) is 12.2. The summed E-state index contributed by atoms with van der Waals surface area (Å²) < 4.78 is 14.3. The van der Waals surface area contributed by atoms with Crippen LogP contribution in [0.2, 0.25) is 0 Å². The van der Waals surface area contributed by atoms with Gasteiger partial charge in [0.25, 0.3) is 5.91 Å². The van der Waals surface area contributed by atoms with E-state index >= 15 is 0 Å². The lowest BCUT2D eigenvalue weighted by Crippen LogP contribution is -2.26. The van der Waals surface area contributed by atoms with E-state index in [1.54, 1.807) is 30.3 Å². The molecule has 6 nitrogen and oxygen atoms in total. The third-order valence-electron chi connectivity index (χ3n) is 3.36. The van der Waals surface area contributed by atoms with E-state index in [2.05, 4.69) is 20.8 Å². The summed E-state index contributed by atoms with van der Waals surface area (Å²) in [6.07, 6.45) is 2.06. The average Bonchev–Trinajstić information content (AvgIpc) is 3.11. The fourth-order valence-corrected chi connectivity index (χ4v) is 2.20. The maximum absolute atomic E-state index is 12.8. The molecule has 7 heteroatoms. The number of tetrazole rings is 1. The molecule has 0 fully saturated rings. The van der Waals surface area contributed by atoms with Crippen molar-refractivity contribution < 1.29 is 9.18 Å². The van der Waals surface area contributed by atoms with Gasteiger partial charge in [0, 0.05) is 6.54 Å². The van der Waals surface area contributed by atoms with Gasteiger partial charge < -0.3 is 5.32 Å². The van der Waals surface area contributed by atoms with E-state index in [0.717, 1.165) is 5.56 Å². The first-order valence-electron chi connectivity index (χ1n) is 7.09. The van der Waals surface area contributed by atoms with Gasteiger partial charge in [-0.1, -0.05) is 24.3 Å². The lowest BCUT2D eigenvalue weighted by Gasteiger charge is -2.09. The average molecular weight is 311 g/mol. The first kappa shape index (κ1) is 14.8. The number of aromatic nitrogens is 4. The zero-order valence-corrected chi connectivity index (χ0v) is 12.2. The van der Waals surface area contributed by atoms with E-state index in [9.17, 15) is 9.18 Å². The molecule has 0 aliphatic rings. The second kappa shape index (κ2) is 6.78. The standard InChI is InChI=1S/C16H14FN5O/c17-13-7-5-12(6-8-13)9-10-18-16(23)14-3-1-2-4-15(14)22-11-19-20-21-22/h1-8,11H,9-10H2,(H,18,23). The van der Waals surface area contributed by atoms with Crippen LogP contribution in [0.15, 0.2) is 54.9 Å². The van der Waals surface area contributed by atoms with Crippen LogP contribution in [-0.4, -0.2) is 32.7 Å². The molecule has 0 saturated heterocycles. The molecule has 23 heavy (non-hydrogen) atoms. The molecule has 0 radical (unpaired) electrons. The number of benzene rings is 2. The summed E-state index contributed by atoms with van der Waals surface area (Å²) in [7, 11) is 0. The van der Waals surface area contributed by atoms with E-state index in [1.165, 1.54) is 23.1 Å². The molecule has 3 aromatic rings. The molecule has 0 unspecified atom stereocenters. The Hall–Kier alpha value is -3.09. The van der Waals surface area contributed by atoms with Crippen LogP contribution in [-0.2, 0) is 6.42 Å². The van der Waals surface area contributed by atoms with E-state index in [1.807, 2.05) is 6.07 Å². The first-order valence-corrected chi connectivity index (χ1v) is 7.09. The van der Waals surface area contributed by atoms with Crippen LogP contribution < -0.4 is 5.32 Å². The molecular weight excluding hydrogens is 297 g/mol. The molecule has 2 aromatic carbocycles. The van der Waals surface area contributed by atoms with Gasteiger partial charge in [0.05, 0.1) is 11.3 Å². The number of hydrogen-bond donors (Lipinski definition) is 1. The third kappa shape index (κ3) is 3.57. The fourth-order valence-electron chi connectivity index (χ4n) is 2.20. The number of hydrogen-bond acceptors (Lipinski definition) is 4. The Kier molecular flexibility index (Phi) is 4.37. The predicted molar refractivity (Wildman–Crippen MR) is 81.6 cm³/mol. The molecule has 3 rings (SSSR count). The number of halogens is 1. The Morgan fingerprint density at radius 3 is 2.65 bits per heavy atom. The second-order valence-electron chi connectivity index (χ2n) is 4.90. The maximum atomic E-state index is 12.8. The van der Waals surface area contributed by atoms with Crippen LogP contribution >= 0.6 is 0 Å². The van der Waals surface area contributed by atoms with Crippen molar-refractivity contribution in [1.82, 2.24) is 25.5 Å². The third-order valence-corrected chi connectivity index (χ3v) is 3.36. The SMILES string of the molecule is O=C(NCCc1ccc(F)cc1)c1ccccc1-n1cnnn1. The molecule has 0 atom stereocenters. The molecule has 116 valence electrons. The highest BCUT2D eigenvalue weighted by Gasteiger charge is 2.12. The van der Waals surface area contributed by atoms with Crippen molar-refractivity contribution in [2.75, 3.05) is 6.54 Å². The van der Waals surface area contributed by atoms with E-state index < -0.39 is 0 Å². The fraction of sp³-hybridized carbons (Fsp3) is 0.125. The summed E-state index contributed by atoms with van der Waals surface area (Å²) in [4.78, 5) is 12.4. The number of para-hydroxylation sites is 1. The van der Waals surface area contributed by atoms with E-state index in [-0.39, 0.29) is 11.7 Å². The van der Waals surface area contributed by atoms with Gasteiger partial charge in [0.2, 0.25) is 0 Å². The minimum absolute atomic E-state index is 0.210. The van der Waals surface area contributed by atoms with Gasteiger partial charge in [0.15, 0.2) is 0 Å². The number of rotatable bonds is 5. The zero-order chi connectivity index (χ0) is 16.1. The summed E-state index contributed by atoms with van der Waals surface area (Å²) in [6.45, 7) is 0.453. The van der Waals surface area contributed by atoms with Gasteiger partial charge in [0.1, 0.15) is 12.1 Å². The van der Waals surface area contributed by atoms with Crippen molar-refractivity contribution in [2.24, 2.45) is 0 Å². The molecule has 1 amide bonds. The summed E-state index contributed by atoms with van der Waals surface area (Å²) in [5.74, 6) is -0.480. The normalized spacial score (nSPS) is 10.5. The second-order valence-corrected chi connectivity index (χ2v) is 4.90. The molecule has 0 aliphatic heterocycles. The van der Waals surface area contributed by atoms with Crippen molar-refractivity contribution in [1.29, 1.82) is 0 Å². The predicted octanol–water partition coefficient (Wildman–Crippen LogP) is 1.77. The first-order chi connectivity index (χ1) is 11.2. The summed E-state index contributed by atoms with van der Waals surface area (Å²) in [6, 6.07) is 13.3.